The molecule has 2 aromatic carbocycles. The van der Waals surface area contributed by atoms with E-state index in [4.69, 9.17) is 14.5 Å². The van der Waals surface area contributed by atoms with Crippen LogP contribution in [0.15, 0.2) is 41.4 Å². The number of phenols is 1. The molecule has 1 atom stereocenters. The first-order valence-electron chi connectivity index (χ1n) is 8.83. The molecule has 1 N–H and O–H groups in total. The summed E-state index contributed by atoms with van der Waals surface area (Å²) in [6.45, 7) is 0.824. The third-order valence-electron chi connectivity index (χ3n) is 5.56. The number of phenolic OH excluding ortho intramolecular Hbond substituents is 1. The van der Waals surface area contributed by atoms with E-state index < -0.39 is 0 Å². The van der Waals surface area contributed by atoms with Gasteiger partial charge in [-0.3, -0.25) is 4.99 Å². The average molecular weight is 348 g/mol. The molecule has 1 unspecified atom stereocenters. The monoisotopic (exact) mass is 348 g/mol. The number of ether oxygens (including phenoxy) is 2. The highest BCUT2D eigenvalue weighted by Crippen LogP contribution is 2.46. The van der Waals surface area contributed by atoms with Gasteiger partial charge < -0.3 is 19.1 Å². The fourth-order valence-corrected chi connectivity index (χ4v) is 4.41. The van der Waals surface area contributed by atoms with Gasteiger partial charge in [0.2, 0.25) is 0 Å². The minimum absolute atomic E-state index is 0.000283. The van der Waals surface area contributed by atoms with Crippen LogP contribution in [-0.4, -0.2) is 36.1 Å². The molecule has 0 saturated carbocycles. The maximum atomic E-state index is 10.7. The number of aromatic nitrogens is 1. The van der Waals surface area contributed by atoms with Gasteiger partial charge in [0.25, 0.3) is 0 Å². The summed E-state index contributed by atoms with van der Waals surface area (Å²) in [4.78, 5) is 4.78. The summed E-state index contributed by atoms with van der Waals surface area (Å²) in [7, 11) is 3.26. The van der Waals surface area contributed by atoms with Crippen molar-refractivity contribution in [1.82, 2.24) is 4.57 Å². The van der Waals surface area contributed by atoms with Crippen LogP contribution in [0.3, 0.4) is 0 Å². The Balaban J connectivity index is 1.80. The Morgan fingerprint density at radius 1 is 1.15 bits per heavy atom. The smallest absolute Gasteiger partial charge is 0.163 e. The van der Waals surface area contributed by atoms with E-state index >= 15 is 0 Å². The number of methoxy groups -OCH3 is 2. The number of para-hydroxylation sites is 1. The molecule has 0 aliphatic carbocycles. The quantitative estimate of drug-likeness (QED) is 0.785. The van der Waals surface area contributed by atoms with Crippen molar-refractivity contribution in [3.8, 4) is 17.2 Å². The number of hydrogen-bond acceptors (Lipinski definition) is 4. The molecule has 2 aliphatic heterocycles. The first-order chi connectivity index (χ1) is 12.7. The topological polar surface area (TPSA) is 56.0 Å². The Hall–Kier alpha value is -2.95. The van der Waals surface area contributed by atoms with Gasteiger partial charge in [0.05, 0.1) is 37.2 Å². The summed E-state index contributed by atoms with van der Waals surface area (Å²) < 4.78 is 13.1. The van der Waals surface area contributed by atoms with Crippen LogP contribution in [-0.2, 0) is 6.42 Å². The van der Waals surface area contributed by atoms with Crippen LogP contribution in [0.1, 0.15) is 29.3 Å². The van der Waals surface area contributed by atoms with Gasteiger partial charge in [-0.05, 0) is 30.2 Å². The fraction of sp³-hybridized carbons (Fsp3) is 0.286. The van der Waals surface area contributed by atoms with Crippen molar-refractivity contribution in [2.75, 3.05) is 20.8 Å². The Labute approximate surface area is 151 Å². The highest BCUT2D eigenvalue weighted by atomic mass is 16.5. The molecule has 1 aromatic heterocycles. The van der Waals surface area contributed by atoms with Gasteiger partial charge in [-0.1, -0.05) is 12.1 Å². The van der Waals surface area contributed by atoms with Gasteiger partial charge >= 0.3 is 0 Å². The van der Waals surface area contributed by atoms with E-state index in [0.717, 1.165) is 41.9 Å². The summed E-state index contributed by atoms with van der Waals surface area (Å²) >= 11 is 0. The first-order valence-corrected chi connectivity index (χ1v) is 8.83. The SMILES string of the molecule is COc1ccc2c3c4n(c2c1)C(c1cccc(OC)c1O)CC4=NCC3. The van der Waals surface area contributed by atoms with Crippen molar-refractivity contribution in [3.05, 3.63) is 53.2 Å². The zero-order chi connectivity index (χ0) is 17.8. The van der Waals surface area contributed by atoms with Crippen LogP contribution in [0.25, 0.3) is 10.9 Å². The predicted octanol–water partition coefficient (Wildman–Crippen LogP) is 3.70. The number of nitrogens with zero attached hydrogens (tertiary/aromatic N) is 2. The summed E-state index contributed by atoms with van der Waals surface area (Å²) in [6.07, 6.45) is 1.74. The van der Waals surface area contributed by atoms with E-state index in [-0.39, 0.29) is 11.8 Å². The molecule has 3 heterocycles. The maximum Gasteiger partial charge on any atom is 0.163 e. The molecule has 0 bridgehead atoms. The molecule has 132 valence electrons. The second kappa shape index (κ2) is 5.53. The van der Waals surface area contributed by atoms with Crippen LogP contribution < -0.4 is 9.47 Å². The average Bonchev–Trinajstić information content (AvgIpc) is 3.22. The van der Waals surface area contributed by atoms with Crippen LogP contribution in [0.5, 0.6) is 17.2 Å². The van der Waals surface area contributed by atoms with E-state index in [0.29, 0.717) is 5.75 Å². The minimum atomic E-state index is 0.000283. The number of fused-ring (bicyclic) bond motifs is 3. The number of aliphatic imine (C=N–C) groups is 1. The van der Waals surface area contributed by atoms with Crippen molar-refractivity contribution in [2.45, 2.75) is 18.9 Å². The van der Waals surface area contributed by atoms with Gasteiger partial charge in [-0.2, -0.15) is 0 Å². The van der Waals surface area contributed by atoms with Crippen LogP contribution >= 0.6 is 0 Å². The molecular weight excluding hydrogens is 328 g/mol. The summed E-state index contributed by atoms with van der Waals surface area (Å²) in [5.41, 5.74) is 5.70. The van der Waals surface area contributed by atoms with Crippen molar-refractivity contribution >= 4 is 16.6 Å². The predicted molar refractivity (Wildman–Crippen MR) is 101 cm³/mol. The molecule has 5 heteroatoms. The van der Waals surface area contributed by atoms with Gasteiger partial charge in [0.1, 0.15) is 5.75 Å². The van der Waals surface area contributed by atoms with Gasteiger partial charge in [0.15, 0.2) is 11.5 Å². The molecule has 3 aromatic rings. The lowest BCUT2D eigenvalue weighted by molar-refractivity contribution is 0.367. The molecule has 2 aliphatic rings. The van der Waals surface area contributed by atoms with Gasteiger partial charge in [-0.25, -0.2) is 0 Å². The van der Waals surface area contributed by atoms with E-state index in [1.807, 2.05) is 18.2 Å². The molecule has 0 spiro atoms. The van der Waals surface area contributed by atoms with E-state index in [9.17, 15) is 5.11 Å². The summed E-state index contributed by atoms with van der Waals surface area (Å²) in [5.74, 6) is 1.54. The first kappa shape index (κ1) is 15.3. The van der Waals surface area contributed by atoms with Crippen LogP contribution in [0.4, 0.5) is 0 Å². The Kier molecular flexibility index (Phi) is 3.26. The second-order valence-electron chi connectivity index (χ2n) is 6.78. The zero-order valence-electron chi connectivity index (χ0n) is 14.8. The Morgan fingerprint density at radius 3 is 2.85 bits per heavy atom. The van der Waals surface area contributed by atoms with E-state index in [1.165, 1.54) is 16.6 Å². The van der Waals surface area contributed by atoms with E-state index in [1.54, 1.807) is 20.3 Å². The third kappa shape index (κ3) is 1.94. The molecule has 5 rings (SSSR count). The number of benzene rings is 2. The van der Waals surface area contributed by atoms with Crippen molar-refractivity contribution in [2.24, 2.45) is 4.99 Å². The zero-order valence-corrected chi connectivity index (χ0v) is 14.8. The lowest BCUT2D eigenvalue weighted by Crippen LogP contribution is -2.08. The van der Waals surface area contributed by atoms with Crippen molar-refractivity contribution in [1.29, 1.82) is 0 Å². The molecule has 0 amide bonds. The van der Waals surface area contributed by atoms with Crippen LogP contribution in [0, 0.1) is 0 Å². The van der Waals surface area contributed by atoms with Gasteiger partial charge in [0, 0.05) is 30.0 Å². The molecule has 0 saturated heterocycles. The standard InChI is InChI=1S/C21H20N2O3/c1-25-12-6-7-13-14-8-9-22-16-11-18(23(20(14)16)17(13)10-12)15-4-3-5-19(26-2)21(15)24/h3-7,10,18,24H,8-9,11H2,1-2H3. The number of rotatable bonds is 3. The third-order valence-corrected chi connectivity index (χ3v) is 5.56. The van der Waals surface area contributed by atoms with Gasteiger partial charge in [-0.15, -0.1) is 0 Å². The van der Waals surface area contributed by atoms with Crippen molar-refractivity contribution < 1.29 is 14.6 Å². The summed E-state index contributed by atoms with van der Waals surface area (Å²) in [5, 5.41) is 12.0. The highest BCUT2D eigenvalue weighted by Gasteiger charge is 2.36. The lowest BCUT2D eigenvalue weighted by atomic mass is 9.97. The van der Waals surface area contributed by atoms with Crippen molar-refractivity contribution in [3.63, 3.8) is 0 Å². The Bertz CT molecular complexity index is 1060. The molecule has 0 radical (unpaired) electrons. The second-order valence-corrected chi connectivity index (χ2v) is 6.78. The normalized spacial score (nSPS) is 17.9. The maximum absolute atomic E-state index is 10.7. The van der Waals surface area contributed by atoms with Crippen LogP contribution in [0.2, 0.25) is 0 Å². The molecule has 5 nitrogen and oxygen atoms in total. The molecular formula is C21H20N2O3. The largest absolute Gasteiger partial charge is 0.504 e. The molecule has 26 heavy (non-hydrogen) atoms. The summed E-state index contributed by atoms with van der Waals surface area (Å²) in [6, 6.07) is 11.9. The fourth-order valence-electron chi connectivity index (χ4n) is 4.41. The lowest BCUT2D eigenvalue weighted by Gasteiger charge is -2.18. The highest BCUT2D eigenvalue weighted by molar-refractivity contribution is 6.09. The number of hydrogen-bond donors (Lipinski definition) is 1. The molecule has 0 fully saturated rings. The Morgan fingerprint density at radius 2 is 2.04 bits per heavy atom. The van der Waals surface area contributed by atoms with E-state index in [2.05, 4.69) is 16.7 Å². The minimum Gasteiger partial charge on any atom is -0.504 e. The number of aromatic hydroxyl groups is 1.